The van der Waals surface area contributed by atoms with E-state index in [1.807, 2.05) is 19.2 Å². The summed E-state index contributed by atoms with van der Waals surface area (Å²) in [7, 11) is 0. The molecule has 0 amide bonds. The molecule has 1 aliphatic rings. The maximum absolute atomic E-state index is 6.01. The number of aromatic nitrogens is 1. The number of hydrogen-bond acceptors (Lipinski definition) is 3. The van der Waals surface area contributed by atoms with Gasteiger partial charge in [0, 0.05) is 18.8 Å². The summed E-state index contributed by atoms with van der Waals surface area (Å²) in [5, 5.41) is 0. The van der Waals surface area contributed by atoms with Gasteiger partial charge in [0.25, 0.3) is 0 Å². The number of anilines is 2. The maximum Gasteiger partial charge on any atom is 0.152 e. The molecule has 1 atom stereocenters. The summed E-state index contributed by atoms with van der Waals surface area (Å²) < 4.78 is 0. The highest BCUT2D eigenvalue weighted by Gasteiger charge is 2.25. The zero-order valence-corrected chi connectivity index (χ0v) is 9.53. The van der Waals surface area contributed by atoms with Crippen molar-refractivity contribution in [3.8, 4) is 0 Å². The van der Waals surface area contributed by atoms with E-state index in [0.29, 0.717) is 6.04 Å². The molecule has 15 heavy (non-hydrogen) atoms. The Morgan fingerprint density at radius 1 is 1.60 bits per heavy atom. The lowest BCUT2D eigenvalue weighted by Gasteiger charge is -2.25. The van der Waals surface area contributed by atoms with Gasteiger partial charge in [0.2, 0.25) is 0 Å². The number of nitrogen functional groups attached to an aromatic ring is 1. The second kappa shape index (κ2) is 4.09. The molecule has 3 nitrogen and oxygen atoms in total. The number of pyridine rings is 1. The average Bonchev–Trinajstić information content (AvgIpc) is 2.65. The number of nitrogens with zero attached hydrogens (tertiary/aromatic N) is 2. The van der Waals surface area contributed by atoms with Crippen molar-refractivity contribution in [2.45, 2.75) is 39.2 Å². The van der Waals surface area contributed by atoms with Gasteiger partial charge in [-0.2, -0.15) is 0 Å². The molecule has 0 radical (unpaired) electrons. The molecule has 1 saturated heterocycles. The number of hydrogen-bond donors (Lipinski definition) is 1. The molecule has 0 bridgehead atoms. The van der Waals surface area contributed by atoms with E-state index in [2.05, 4.69) is 16.8 Å². The van der Waals surface area contributed by atoms with Gasteiger partial charge < -0.3 is 10.6 Å². The highest BCUT2D eigenvalue weighted by Crippen LogP contribution is 2.29. The first-order valence-electron chi connectivity index (χ1n) is 5.71. The predicted molar refractivity (Wildman–Crippen MR) is 64.0 cm³/mol. The molecule has 2 N–H and O–H groups in total. The molecule has 0 aromatic carbocycles. The Kier molecular flexibility index (Phi) is 2.80. The third-order valence-corrected chi connectivity index (χ3v) is 3.15. The molecule has 1 aromatic heterocycles. The van der Waals surface area contributed by atoms with Gasteiger partial charge in [-0.05, 0) is 37.8 Å². The zero-order chi connectivity index (χ0) is 10.8. The molecule has 1 unspecified atom stereocenters. The van der Waals surface area contributed by atoms with Crippen LogP contribution in [0, 0.1) is 6.92 Å². The highest BCUT2D eigenvalue weighted by molar-refractivity contribution is 5.64. The van der Waals surface area contributed by atoms with Crippen LogP contribution in [0.4, 0.5) is 11.5 Å². The molecule has 1 aromatic rings. The number of rotatable bonds is 2. The van der Waals surface area contributed by atoms with E-state index >= 15 is 0 Å². The van der Waals surface area contributed by atoms with Crippen LogP contribution in [0.25, 0.3) is 0 Å². The molecular formula is C12H19N3. The fourth-order valence-corrected chi connectivity index (χ4v) is 2.36. The molecule has 82 valence electrons. The molecule has 1 aliphatic heterocycles. The minimum atomic E-state index is 0.627. The van der Waals surface area contributed by atoms with Crippen LogP contribution in [0.2, 0.25) is 0 Å². The van der Waals surface area contributed by atoms with Crippen LogP contribution in [-0.4, -0.2) is 17.6 Å². The van der Waals surface area contributed by atoms with Crippen LogP contribution in [0.3, 0.4) is 0 Å². The Bertz CT molecular complexity index is 349. The Labute approximate surface area is 91.3 Å². The first-order valence-corrected chi connectivity index (χ1v) is 5.71. The maximum atomic E-state index is 6.01. The van der Waals surface area contributed by atoms with Crippen LogP contribution in [0.15, 0.2) is 12.3 Å². The predicted octanol–water partition coefficient (Wildman–Crippen LogP) is 2.35. The van der Waals surface area contributed by atoms with Crippen LogP contribution in [0.1, 0.15) is 31.7 Å². The first kappa shape index (κ1) is 10.3. The summed E-state index contributed by atoms with van der Waals surface area (Å²) in [4.78, 5) is 6.81. The van der Waals surface area contributed by atoms with E-state index < -0.39 is 0 Å². The lowest BCUT2D eigenvalue weighted by atomic mass is 10.1. The molecule has 0 spiro atoms. The lowest BCUT2D eigenvalue weighted by molar-refractivity contribution is 0.641. The van der Waals surface area contributed by atoms with Crippen LogP contribution in [0.5, 0.6) is 0 Å². The van der Waals surface area contributed by atoms with Gasteiger partial charge in [-0.1, -0.05) is 6.92 Å². The van der Waals surface area contributed by atoms with E-state index in [1.54, 1.807) is 0 Å². The molecule has 0 aliphatic carbocycles. The Hall–Kier alpha value is -1.25. The SMILES string of the molecule is CCC1CCCN1c1ncc(C)cc1N. The molecule has 0 saturated carbocycles. The standard InChI is InChI=1S/C12H19N3/c1-3-10-5-4-6-15(10)12-11(13)7-9(2)8-14-12/h7-8,10H,3-6,13H2,1-2H3. The van der Waals surface area contributed by atoms with Crippen molar-refractivity contribution in [3.05, 3.63) is 17.8 Å². The Morgan fingerprint density at radius 3 is 3.07 bits per heavy atom. The van der Waals surface area contributed by atoms with E-state index in [4.69, 9.17) is 5.73 Å². The normalized spacial score (nSPS) is 20.9. The third-order valence-electron chi connectivity index (χ3n) is 3.15. The molecule has 2 heterocycles. The van der Waals surface area contributed by atoms with E-state index in [-0.39, 0.29) is 0 Å². The topological polar surface area (TPSA) is 42.2 Å². The fraction of sp³-hybridized carbons (Fsp3) is 0.583. The second-order valence-corrected chi connectivity index (χ2v) is 4.32. The summed E-state index contributed by atoms with van der Waals surface area (Å²) >= 11 is 0. The lowest BCUT2D eigenvalue weighted by Crippen LogP contribution is -2.30. The number of aryl methyl sites for hydroxylation is 1. The van der Waals surface area contributed by atoms with Gasteiger partial charge in [0.1, 0.15) is 0 Å². The smallest absolute Gasteiger partial charge is 0.152 e. The summed E-state index contributed by atoms with van der Waals surface area (Å²) in [6, 6.07) is 2.63. The molecule has 1 fully saturated rings. The highest BCUT2D eigenvalue weighted by atomic mass is 15.2. The molecule has 2 rings (SSSR count). The van der Waals surface area contributed by atoms with Crippen molar-refractivity contribution in [1.29, 1.82) is 0 Å². The summed E-state index contributed by atoms with van der Waals surface area (Å²) in [5.41, 5.74) is 7.96. The van der Waals surface area contributed by atoms with Gasteiger partial charge >= 0.3 is 0 Å². The minimum Gasteiger partial charge on any atom is -0.396 e. The minimum absolute atomic E-state index is 0.627. The van der Waals surface area contributed by atoms with Crippen LogP contribution in [-0.2, 0) is 0 Å². The third kappa shape index (κ3) is 1.91. The summed E-state index contributed by atoms with van der Waals surface area (Å²) in [6.07, 6.45) is 5.60. The largest absolute Gasteiger partial charge is 0.396 e. The van der Waals surface area contributed by atoms with Gasteiger partial charge in [-0.3, -0.25) is 0 Å². The summed E-state index contributed by atoms with van der Waals surface area (Å²) in [6.45, 7) is 5.35. The van der Waals surface area contributed by atoms with E-state index in [1.165, 1.54) is 19.3 Å². The average molecular weight is 205 g/mol. The Morgan fingerprint density at radius 2 is 2.40 bits per heavy atom. The second-order valence-electron chi connectivity index (χ2n) is 4.32. The first-order chi connectivity index (χ1) is 7.22. The fourth-order valence-electron chi connectivity index (χ4n) is 2.36. The van der Waals surface area contributed by atoms with Crippen molar-refractivity contribution in [2.24, 2.45) is 0 Å². The van der Waals surface area contributed by atoms with Gasteiger partial charge in [0.15, 0.2) is 5.82 Å². The van der Waals surface area contributed by atoms with Crippen molar-refractivity contribution in [1.82, 2.24) is 4.98 Å². The van der Waals surface area contributed by atoms with Crippen molar-refractivity contribution in [2.75, 3.05) is 17.2 Å². The quantitative estimate of drug-likeness (QED) is 0.806. The van der Waals surface area contributed by atoms with Crippen molar-refractivity contribution < 1.29 is 0 Å². The van der Waals surface area contributed by atoms with Crippen molar-refractivity contribution >= 4 is 11.5 Å². The van der Waals surface area contributed by atoms with Gasteiger partial charge in [0.05, 0.1) is 5.69 Å². The van der Waals surface area contributed by atoms with Gasteiger partial charge in [-0.15, -0.1) is 0 Å². The number of nitrogens with two attached hydrogens (primary N) is 1. The van der Waals surface area contributed by atoms with E-state index in [9.17, 15) is 0 Å². The summed E-state index contributed by atoms with van der Waals surface area (Å²) in [5.74, 6) is 0.977. The van der Waals surface area contributed by atoms with Crippen LogP contribution < -0.4 is 10.6 Å². The van der Waals surface area contributed by atoms with Gasteiger partial charge in [-0.25, -0.2) is 4.98 Å². The van der Waals surface area contributed by atoms with E-state index in [0.717, 1.165) is 23.6 Å². The Balaban J connectivity index is 2.28. The van der Waals surface area contributed by atoms with Crippen LogP contribution >= 0.6 is 0 Å². The zero-order valence-electron chi connectivity index (χ0n) is 9.53. The van der Waals surface area contributed by atoms with Crippen molar-refractivity contribution in [3.63, 3.8) is 0 Å². The molecule has 3 heteroatoms. The molecular weight excluding hydrogens is 186 g/mol. The monoisotopic (exact) mass is 205 g/mol.